The minimum Gasteiger partial charge on any atom is -0.457 e. The molecule has 0 bridgehead atoms. The highest BCUT2D eigenvalue weighted by atomic mass is 16.5. The predicted molar refractivity (Wildman–Crippen MR) is 153 cm³/mol. The van der Waals surface area contributed by atoms with Crippen LogP contribution in [-0.2, 0) is 4.79 Å². The summed E-state index contributed by atoms with van der Waals surface area (Å²) in [5.41, 5.74) is 9.47. The Labute approximate surface area is 232 Å². The van der Waals surface area contributed by atoms with E-state index in [0.717, 1.165) is 40.9 Å². The Morgan fingerprint density at radius 1 is 1.12 bits per heavy atom. The molecule has 2 aliphatic heterocycles. The van der Waals surface area contributed by atoms with Gasteiger partial charge in [0.1, 0.15) is 35.2 Å². The van der Waals surface area contributed by atoms with Gasteiger partial charge in [-0.05, 0) is 42.5 Å². The number of carbonyl (C=O) groups excluding carboxylic acids is 1. The molecule has 0 aliphatic carbocycles. The lowest BCUT2D eigenvalue weighted by molar-refractivity contribution is -0.128. The molecule has 6 rings (SSSR count). The fraction of sp³-hybridized carbons (Fsp3) is 0.300. The number of piperidine rings is 1. The molecule has 0 saturated carbocycles. The van der Waals surface area contributed by atoms with Crippen molar-refractivity contribution >= 4 is 28.4 Å². The standard InChI is InChI=1S/C30H30N8O2/c1-30(2,3)15-19(16-31)29(39)37-13-7-8-20(17-37)38-28-25-26(36-38)23-12-11-22(40-21-9-5-4-6-10-21)14-24(23)34-35-27(25)32-18-33-28/h4-6,9-12,14-15,18,20,34H,7-8,13,17H2,1-3H3,(H,32,33,35)/b19-15+/t20-/m1/s1. The number of carbonyl (C=O) groups is 1. The molecule has 0 spiro atoms. The van der Waals surface area contributed by atoms with Crippen LogP contribution in [0.3, 0.4) is 0 Å². The van der Waals surface area contributed by atoms with E-state index in [-0.39, 0.29) is 22.9 Å². The van der Waals surface area contributed by atoms with Crippen LogP contribution in [-0.4, -0.2) is 43.6 Å². The Balaban J connectivity index is 1.34. The van der Waals surface area contributed by atoms with Gasteiger partial charge in [0.05, 0.1) is 17.1 Å². The molecule has 10 nitrogen and oxygen atoms in total. The maximum absolute atomic E-state index is 13.3. The van der Waals surface area contributed by atoms with Crippen molar-refractivity contribution in [3.63, 3.8) is 0 Å². The highest BCUT2D eigenvalue weighted by Gasteiger charge is 2.31. The summed E-state index contributed by atoms with van der Waals surface area (Å²) in [6, 6.07) is 17.4. The lowest BCUT2D eigenvalue weighted by atomic mass is 9.93. The molecule has 1 fully saturated rings. The van der Waals surface area contributed by atoms with Crippen LogP contribution in [0.1, 0.15) is 39.7 Å². The van der Waals surface area contributed by atoms with E-state index < -0.39 is 0 Å². The number of nitrogens with one attached hydrogen (secondary N) is 2. The summed E-state index contributed by atoms with van der Waals surface area (Å²) < 4.78 is 7.96. The maximum Gasteiger partial charge on any atom is 0.264 e. The Morgan fingerprint density at radius 2 is 1.95 bits per heavy atom. The fourth-order valence-corrected chi connectivity index (χ4v) is 5.24. The molecular formula is C30H30N8O2. The first-order valence-electron chi connectivity index (χ1n) is 13.4. The number of para-hydroxylation sites is 1. The Bertz CT molecular complexity index is 1660. The monoisotopic (exact) mass is 534 g/mol. The van der Waals surface area contributed by atoms with Crippen molar-refractivity contribution in [3.05, 3.63) is 66.5 Å². The molecule has 2 aromatic carbocycles. The van der Waals surface area contributed by atoms with Crippen LogP contribution in [0.4, 0.5) is 11.5 Å². The lowest BCUT2D eigenvalue weighted by Crippen LogP contribution is -2.41. The molecule has 0 unspecified atom stereocenters. The first-order valence-corrected chi connectivity index (χ1v) is 13.4. The quantitative estimate of drug-likeness (QED) is 0.253. The first kappa shape index (κ1) is 25.4. The molecule has 2 N–H and O–H groups in total. The van der Waals surface area contributed by atoms with E-state index in [4.69, 9.17) is 9.84 Å². The van der Waals surface area contributed by atoms with Gasteiger partial charge in [-0.15, -0.1) is 0 Å². The fourth-order valence-electron chi connectivity index (χ4n) is 5.24. The second kappa shape index (κ2) is 10.0. The summed E-state index contributed by atoms with van der Waals surface area (Å²) in [5, 5.41) is 15.5. The minimum atomic E-state index is -0.273. The van der Waals surface area contributed by atoms with Crippen LogP contribution in [0.2, 0.25) is 0 Å². The van der Waals surface area contributed by atoms with Crippen LogP contribution in [0.15, 0.2) is 66.5 Å². The number of nitriles is 1. The van der Waals surface area contributed by atoms with E-state index in [9.17, 15) is 10.1 Å². The molecule has 2 aromatic heterocycles. The number of benzene rings is 2. The van der Waals surface area contributed by atoms with E-state index in [1.165, 1.54) is 6.33 Å². The van der Waals surface area contributed by atoms with Gasteiger partial charge in [-0.2, -0.15) is 10.4 Å². The third kappa shape index (κ3) is 4.82. The molecule has 1 atom stereocenters. The topological polar surface area (TPSA) is 121 Å². The summed E-state index contributed by atoms with van der Waals surface area (Å²) in [4.78, 5) is 24.1. The smallest absolute Gasteiger partial charge is 0.264 e. The SMILES string of the molecule is CC(C)(C)/C=C(\C#N)C(=O)N1CCC[C@@H](n2nc3c4c(ncnc42)NNc2cc(Oc4ccccc4)ccc2-3)C1. The molecule has 10 heteroatoms. The van der Waals surface area contributed by atoms with Gasteiger partial charge in [0.25, 0.3) is 5.91 Å². The largest absolute Gasteiger partial charge is 0.457 e. The number of hydrogen-bond donors (Lipinski definition) is 2. The highest BCUT2D eigenvalue weighted by molar-refractivity contribution is 6.03. The number of anilines is 2. The number of fused-ring (bicyclic) bond motifs is 2. The summed E-state index contributed by atoms with van der Waals surface area (Å²) >= 11 is 0. The van der Waals surface area contributed by atoms with Gasteiger partial charge >= 0.3 is 0 Å². The van der Waals surface area contributed by atoms with Gasteiger partial charge in [-0.1, -0.05) is 45.0 Å². The summed E-state index contributed by atoms with van der Waals surface area (Å²) in [6.45, 7) is 6.98. The zero-order chi connectivity index (χ0) is 27.9. The van der Waals surface area contributed by atoms with Gasteiger partial charge in [0, 0.05) is 24.7 Å². The van der Waals surface area contributed by atoms with Gasteiger partial charge in [0.2, 0.25) is 0 Å². The third-order valence-electron chi connectivity index (χ3n) is 6.99. The molecular weight excluding hydrogens is 504 g/mol. The van der Waals surface area contributed by atoms with Crippen LogP contribution < -0.4 is 15.6 Å². The summed E-state index contributed by atoms with van der Waals surface area (Å²) in [5.74, 6) is 1.82. The third-order valence-corrected chi connectivity index (χ3v) is 6.99. The molecule has 1 amide bonds. The van der Waals surface area contributed by atoms with Crippen molar-refractivity contribution in [2.24, 2.45) is 5.41 Å². The molecule has 202 valence electrons. The van der Waals surface area contributed by atoms with Gasteiger partial charge in [-0.3, -0.25) is 15.6 Å². The van der Waals surface area contributed by atoms with Crippen LogP contribution in [0.5, 0.6) is 11.5 Å². The molecule has 2 aliphatic rings. The average molecular weight is 535 g/mol. The number of amides is 1. The zero-order valence-electron chi connectivity index (χ0n) is 22.7. The number of hydrazine groups is 1. The van der Waals surface area contributed by atoms with Crippen molar-refractivity contribution in [3.8, 4) is 28.8 Å². The van der Waals surface area contributed by atoms with E-state index in [1.807, 2.05) is 74.0 Å². The average Bonchev–Trinajstić information content (AvgIpc) is 3.27. The number of allylic oxidation sites excluding steroid dienone is 1. The van der Waals surface area contributed by atoms with Gasteiger partial charge < -0.3 is 9.64 Å². The Morgan fingerprint density at radius 3 is 2.73 bits per heavy atom. The first-order chi connectivity index (χ1) is 19.3. The van der Waals surface area contributed by atoms with Crippen molar-refractivity contribution in [1.29, 1.82) is 5.26 Å². The van der Waals surface area contributed by atoms with Crippen molar-refractivity contribution in [1.82, 2.24) is 24.6 Å². The van der Waals surface area contributed by atoms with Gasteiger partial charge in [0.15, 0.2) is 11.5 Å². The van der Waals surface area contributed by atoms with E-state index >= 15 is 0 Å². The van der Waals surface area contributed by atoms with E-state index in [0.29, 0.717) is 30.3 Å². The number of aromatic nitrogens is 4. The van der Waals surface area contributed by atoms with Gasteiger partial charge in [-0.25, -0.2) is 14.6 Å². The Kier molecular flexibility index (Phi) is 6.34. The molecule has 1 saturated heterocycles. The maximum atomic E-state index is 13.3. The van der Waals surface area contributed by atoms with E-state index in [1.54, 1.807) is 11.0 Å². The number of nitrogens with zero attached hydrogens (tertiary/aromatic N) is 6. The number of ether oxygens (including phenoxy) is 1. The normalized spacial score (nSPS) is 16.8. The minimum absolute atomic E-state index is 0.0946. The van der Waals surface area contributed by atoms with E-state index in [2.05, 4.69) is 26.9 Å². The second-order valence-electron chi connectivity index (χ2n) is 11.2. The molecule has 40 heavy (non-hydrogen) atoms. The van der Waals surface area contributed by atoms with Crippen LogP contribution in [0, 0.1) is 16.7 Å². The van der Waals surface area contributed by atoms with Crippen molar-refractivity contribution < 1.29 is 9.53 Å². The molecule has 4 aromatic rings. The van der Waals surface area contributed by atoms with Crippen LogP contribution >= 0.6 is 0 Å². The zero-order valence-corrected chi connectivity index (χ0v) is 22.7. The second-order valence-corrected chi connectivity index (χ2v) is 11.2. The summed E-state index contributed by atoms with van der Waals surface area (Å²) in [6.07, 6.45) is 4.90. The van der Waals surface area contributed by atoms with Crippen LogP contribution in [0.25, 0.3) is 22.3 Å². The summed E-state index contributed by atoms with van der Waals surface area (Å²) in [7, 11) is 0. The highest BCUT2D eigenvalue weighted by Crippen LogP contribution is 2.41. The lowest BCUT2D eigenvalue weighted by Gasteiger charge is -2.33. The van der Waals surface area contributed by atoms with Crippen molar-refractivity contribution in [2.45, 2.75) is 39.7 Å². The predicted octanol–water partition coefficient (Wildman–Crippen LogP) is 5.70. The Hall–Kier alpha value is -4.91. The number of likely N-dealkylation sites (tertiary alicyclic amines) is 1. The molecule has 0 radical (unpaired) electrons. The van der Waals surface area contributed by atoms with Crippen molar-refractivity contribution in [2.75, 3.05) is 23.9 Å². The molecule has 4 heterocycles. The number of rotatable bonds is 4. The number of hydrogen-bond acceptors (Lipinski definition) is 8.